The third kappa shape index (κ3) is 7.81. The van der Waals surface area contributed by atoms with Crippen LogP contribution >= 0.6 is 0 Å². The maximum Gasteiger partial charge on any atom is 0.341 e. The molecule has 0 bridgehead atoms. The first-order chi connectivity index (χ1) is 13.0. The molecule has 27 heavy (non-hydrogen) atoms. The Labute approximate surface area is 154 Å². The van der Waals surface area contributed by atoms with Gasteiger partial charge in [-0.1, -0.05) is 5.11 Å². The fourth-order valence-corrected chi connectivity index (χ4v) is 2.03. The number of nitrogens with zero attached hydrogens (tertiary/aromatic N) is 5. The van der Waals surface area contributed by atoms with E-state index in [1.165, 1.54) is 30.3 Å². The molecule has 10 heteroatoms. The number of nitro benzene ring substituents is 1. The second kappa shape index (κ2) is 11.8. The number of carbonyl (C=O) groups is 2. The number of azide groups is 1. The predicted octanol–water partition coefficient (Wildman–Crippen LogP) is 3.48. The molecule has 0 heterocycles. The molecule has 0 saturated carbocycles. The molecule has 0 aromatic heterocycles. The van der Waals surface area contributed by atoms with Crippen LogP contribution < -0.4 is 0 Å². The van der Waals surface area contributed by atoms with Crippen molar-refractivity contribution in [2.45, 2.75) is 25.7 Å². The number of hydrogen-bond acceptors (Lipinski definition) is 7. The van der Waals surface area contributed by atoms with E-state index in [0.717, 1.165) is 0 Å². The fraction of sp³-hybridized carbons (Fsp3) is 0.353. The summed E-state index contributed by atoms with van der Waals surface area (Å²) in [5.74, 6) is -1.32. The number of esters is 1. The van der Waals surface area contributed by atoms with Gasteiger partial charge in [-0.15, -0.1) is 0 Å². The highest BCUT2D eigenvalue weighted by molar-refractivity contribution is 6.20. The molecule has 0 amide bonds. The van der Waals surface area contributed by atoms with E-state index in [1.54, 1.807) is 0 Å². The summed E-state index contributed by atoms with van der Waals surface area (Å²) in [6.07, 6.45) is 2.25. The van der Waals surface area contributed by atoms with Gasteiger partial charge < -0.3 is 4.74 Å². The van der Waals surface area contributed by atoms with Gasteiger partial charge in [0.25, 0.3) is 5.69 Å². The Morgan fingerprint density at radius 3 is 2.63 bits per heavy atom. The Morgan fingerprint density at radius 2 is 2.04 bits per heavy atom. The first-order valence-electron chi connectivity index (χ1n) is 8.04. The number of ketones is 1. The van der Waals surface area contributed by atoms with Gasteiger partial charge in [-0.25, -0.2) is 4.79 Å². The topological polar surface area (TPSA) is 159 Å². The second-order valence-corrected chi connectivity index (χ2v) is 5.29. The molecular formula is C17H17N5O5. The molecule has 0 aliphatic carbocycles. The van der Waals surface area contributed by atoms with Gasteiger partial charge in [-0.3, -0.25) is 14.9 Å². The fourth-order valence-electron chi connectivity index (χ4n) is 2.03. The number of hydrogen-bond donors (Lipinski definition) is 0. The number of non-ortho nitro benzene ring substituents is 1. The summed E-state index contributed by atoms with van der Waals surface area (Å²) in [5.41, 5.74) is 8.32. The van der Waals surface area contributed by atoms with Gasteiger partial charge in [0.2, 0.25) is 0 Å². The van der Waals surface area contributed by atoms with Crippen molar-refractivity contribution in [3.05, 3.63) is 56.0 Å². The number of nitriles is 1. The van der Waals surface area contributed by atoms with Crippen molar-refractivity contribution in [1.29, 1.82) is 5.26 Å². The van der Waals surface area contributed by atoms with Crippen LogP contribution in [-0.2, 0) is 14.3 Å². The van der Waals surface area contributed by atoms with E-state index in [-0.39, 0.29) is 37.3 Å². The molecule has 0 spiro atoms. The third-order valence-electron chi connectivity index (χ3n) is 3.36. The lowest BCUT2D eigenvalue weighted by Crippen LogP contribution is -2.16. The zero-order valence-corrected chi connectivity index (χ0v) is 14.4. The van der Waals surface area contributed by atoms with Crippen LogP contribution in [0.25, 0.3) is 16.5 Å². The monoisotopic (exact) mass is 371 g/mol. The van der Waals surface area contributed by atoms with Crippen LogP contribution in [0.1, 0.15) is 31.2 Å². The summed E-state index contributed by atoms with van der Waals surface area (Å²) in [6.45, 7) is 0.106. The van der Waals surface area contributed by atoms with Gasteiger partial charge in [0.1, 0.15) is 12.2 Å². The molecule has 0 aliphatic rings. The average Bonchev–Trinajstić information content (AvgIpc) is 2.66. The highest BCUT2D eigenvalue weighted by Gasteiger charge is 2.19. The molecule has 0 atom stereocenters. The van der Waals surface area contributed by atoms with Crippen LogP contribution in [0.2, 0.25) is 0 Å². The number of rotatable bonds is 11. The number of ether oxygens (including phenoxy) is 1. The standard InChI is InChI=1S/C17H17N5O5/c18-9-3-11-27-17(24)15(16(23)4-1-2-10-20-21-19)12-13-5-7-14(8-6-13)22(25)26/h5-8,12H,1-4,10-11H2. The molecule has 0 saturated heterocycles. The minimum atomic E-state index is -0.858. The van der Waals surface area contributed by atoms with E-state index in [9.17, 15) is 19.7 Å². The Morgan fingerprint density at radius 1 is 1.33 bits per heavy atom. The molecular weight excluding hydrogens is 354 g/mol. The van der Waals surface area contributed by atoms with Gasteiger partial charge in [0, 0.05) is 30.0 Å². The Hall–Kier alpha value is -3.70. The Bertz CT molecular complexity index is 804. The van der Waals surface area contributed by atoms with Gasteiger partial charge in [-0.05, 0) is 42.1 Å². The van der Waals surface area contributed by atoms with Crippen molar-refractivity contribution in [3.63, 3.8) is 0 Å². The molecule has 0 radical (unpaired) electrons. The van der Waals surface area contributed by atoms with Crippen molar-refractivity contribution >= 4 is 23.5 Å². The molecule has 0 fully saturated rings. The largest absolute Gasteiger partial charge is 0.461 e. The van der Waals surface area contributed by atoms with Crippen molar-refractivity contribution in [2.75, 3.05) is 13.2 Å². The Balaban J connectivity index is 2.93. The van der Waals surface area contributed by atoms with Gasteiger partial charge >= 0.3 is 5.97 Å². The van der Waals surface area contributed by atoms with Gasteiger partial charge in [0.15, 0.2) is 5.78 Å². The zero-order chi connectivity index (χ0) is 20.1. The van der Waals surface area contributed by atoms with Crippen LogP contribution in [0, 0.1) is 21.4 Å². The SMILES string of the molecule is N#CCCOC(=O)C(=Cc1ccc([N+](=O)[O-])cc1)C(=O)CCCCN=[N+]=[N-]. The maximum absolute atomic E-state index is 12.4. The van der Waals surface area contributed by atoms with Crippen molar-refractivity contribution in [3.8, 4) is 6.07 Å². The lowest BCUT2D eigenvalue weighted by molar-refractivity contribution is -0.384. The average molecular weight is 371 g/mol. The van der Waals surface area contributed by atoms with E-state index >= 15 is 0 Å². The second-order valence-electron chi connectivity index (χ2n) is 5.29. The van der Waals surface area contributed by atoms with E-state index < -0.39 is 16.7 Å². The maximum atomic E-state index is 12.4. The summed E-state index contributed by atoms with van der Waals surface area (Å²) < 4.78 is 4.92. The predicted molar refractivity (Wildman–Crippen MR) is 95.1 cm³/mol. The number of nitro groups is 1. The van der Waals surface area contributed by atoms with Crippen LogP contribution in [0.4, 0.5) is 5.69 Å². The number of carbonyl (C=O) groups excluding carboxylic acids is 2. The Kier molecular flexibility index (Phi) is 9.32. The van der Waals surface area contributed by atoms with Crippen LogP contribution in [0.3, 0.4) is 0 Å². The highest BCUT2D eigenvalue weighted by atomic mass is 16.6. The lowest BCUT2D eigenvalue weighted by Gasteiger charge is -2.07. The lowest BCUT2D eigenvalue weighted by atomic mass is 10.0. The molecule has 0 N–H and O–H groups in total. The van der Waals surface area contributed by atoms with E-state index in [0.29, 0.717) is 18.4 Å². The van der Waals surface area contributed by atoms with Gasteiger partial charge in [-0.2, -0.15) is 5.26 Å². The summed E-state index contributed by atoms with van der Waals surface area (Å²) in [4.78, 5) is 37.3. The first-order valence-corrected chi connectivity index (χ1v) is 8.04. The third-order valence-corrected chi connectivity index (χ3v) is 3.36. The van der Waals surface area contributed by atoms with E-state index in [4.69, 9.17) is 15.5 Å². The number of Topliss-reactive ketones (excluding diaryl/α,β-unsaturated/α-hetero) is 1. The van der Waals surface area contributed by atoms with Crippen molar-refractivity contribution in [2.24, 2.45) is 5.11 Å². The summed E-state index contributed by atoms with van der Waals surface area (Å²) in [6, 6.07) is 7.17. The normalized spacial score (nSPS) is 10.4. The van der Waals surface area contributed by atoms with Crippen LogP contribution in [-0.4, -0.2) is 29.8 Å². The zero-order valence-electron chi connectivity index (χ0n) is 14.4. The highest BCUT2D eigenvalue weighted by Crippen LogP contribution is 2.17. The summed E-state index contributed by atoms with van der Waals surface area (Å²) >= 11 is 0. The molecule has 10 nitrogen and oxygen atoms in total. The van der Waals surface area contributed by atoms with Crippen LogP contribution in [0.15, 0.2) is 35.0 Å². The summed E-state index contributed by atoms with van der Waals surface area (Å²) in [5, 5.41) is 22.6. The van der Waals surface area contributed by atoms with Crippen molar-refractivity contribution < 1.29 is 19.2 Å². The summed E-state index contributed by atoms with van der Waals surface area (Å²) in [7, 11) is 0. The number of benzene rings is 1. The minimum absolute atomic E-state index is 0.00307. The first kappa shape index (κ1) is 21.3. The molecule has 1 aromatic rings. The molecule has 1 rings (SSSR count). The number of unbranched alkanes of at least 4 members (excludes halogenated alkanes) is 1. The van der Waals surface area contributed by atoms with Gasteiger partial charge in [0.05, 0.1) is 17.4 Å². The molecule has 140 valence electrons. The minimum Gasteiger partial charge on any atom is -0.461 e. The molecule has 0 aliphatic heterocycles. The molecule has 1 aromatic carbocycles. The van der Waals surface area contributed by atoms with E-state index in [1.807, 2.05) is 6.07 Å². The van der Waals surface area contributed by atoms with E-state index in [2.05, 4.69) is 10.0 Å². The van der Waals surface area contributed by atoms with Crippen LogP contribution in [0.5, 0.6) is 0 Å². The van der Waals surface area contributed by atoms with Crippen molar-refractivity contribution in [1.82, 2.24) is 0 Å². The smallest absolute Gasteiger partial charge is 0.341 e. The molecule has 0 unspecified atom stereocenters. The quantitative estimate of drug-likeness (QED) is 0.0553.